The molecule has 0 saturated carbocycles. The van der Waals surface area contributed by atoms with E-state index in [0.29, 0.717) is 23.0 Å². The summed E-state index contributed by atoms with van der Waals surface area (Å²) in [6.07, 6.45) is 3.26. The normalized spacial score (nSPS) is 10.7. The average Bonchev–Trinajstić information content (AvgIpc) is 2.68. The molecule has 0 bridgehead atoms. The van der Waals surface area contributed by atoms with Crippen LogP contribution in [0.4, 0.5) is 11.4 Å². The first kappa shape index (κ1) is 18.9. The minimum Gasteiger partial charge on any atom is -0.380 e. The van der Waals surface area contributed by atoms with Crippen molar-refractivity contribution in [1.29, 1.82) is 0 Å². The SMILES string of the molecule is CC(C)c1ccc(NC(=O)c2cncc(NCc3ccc(Cl)cc3)c2)cc1. The summed E-state index contributed by atoms with van der Waals surface area (Å²) in [4.78, 5) is 16.7. The van der Waals surface area contributed by atoms with Crippen molar-refractivity contribution < 1.29 is 4.79 Å². The Balaban J connectivity index is 1.63. The fraction of sp³-hybridized carbons (Fsp3) is 0.182. The van der Waals surface area contributed by atoms with Crippen molar-refractivity contribution in [3.8, 4) is 0 Å². The highest BCUT2D eigenvalue weighted by atomic mass is 35.5. The molecule has 0 aliphatic heterocycles. The summed E-state index contributed by atoms with van der Waals surface area (Å²) in [5.41, 5.74) is 4.39. The molecule has 0 unspecified atom stereocenters. The topological polar surface area (TPSA) is 54.0 Å². The zero-order valence-electron chi connectivity index (χ0n) is 15.4. The maximum Gasteiger partial charge on any atom is 0.257 e. The van der Waals surface area contributed by atoms with E-state index in [1.807, 2.05) is 48.5 Å². The lowest BCUT2D eigenvalue weighted by Gasteiger charge is -2.10. The number of aromatic nitrogens is 1. The Bertz CT molecular complexity index is 906. The van der Waals surface area contributed by atoms with Crippen LogP contribution in [0.5, 0.6) is 0 Å². The van der Waals surface area contributed by atoms with Gasteiger partial charge in [-0.2, -0.15) is 0 Å². The van der Waals surface area contributed by atoms with Gasteiger partial charge in [0.15, 0.2) is 0 Å². The number of benzene rings is 2. The van der Waals surface area contributed by atoms with E-state index in [-0.39, 0.29) is 5.91 Å². The van der Waals surface area contributed by atoms with Crippen LogP contribution >= 0.6 is 11.6 Å². The molecule has 0 saturated heterocycles. The molecule has 0 aliphatic rings. The Labute approximate surface area is 164 Å². The summed E-state index contributed by atoms with van der Waals surface area (Å²) in [7, 11) is 0. The lowest BCUT2D eigenvalue weighted by atomic mass is 10.0. The molecule has 3 rings (SSSR count). The van der Waals surface area contributed by atoms with E-state index in [1.165, 1.54) is 5.56 Å². The monoisotopic (exact) mass is 379 g/mol. The molecule has 0 aliphatic carbocycles. The fourth-order valence-electron chi connectivity index (χ4n) is 2.62. The Morgan fingerprint density at radius 2 is 1.70 bits per heavy atom. The summed E-state index contributed by atoms with van der Waals surface area (Å²) in [5.74, 6) is 0.275. The first-order chi connectivity index (χ1) is 13.0. The molecule has 3 aromatic rings. The van der Waals surface area contributed by atoms with E-state index in [0.717, 1.165) is 16.9 Å². The summed E-state index contributed by atoms with van der Waals surface area (Å²) in [5, 5.41) is 6.89. The maximum absolute atomic E-state index is 12.5. The van der Waals surface area contributed by atoms with Crippen molar-refractivity contribution in [3.63, 3.8) is 0 Å². The Kier molecular flexibility index (Phi) is 6.09. The first-order valence-corrected chi connectivity index (χ1v) is 9.24. The molecular formula is C22H22ClN3O. The van der Waals surface area contributed by atoms with Gasteiger partial charge in [0.1, 0.15) is 0 Å². The summed E-state index contributed by atoms with van der Waals surface area (Å²) >= 11 is 5.90. The maximum atomic E-state index is 12.5. The Morgan fingerprint density at radius 3 is 2.37 bits per heavy atom. The van der Waals surface area contributed by atoms with Crippen LogP contribution in [0.15, 0.2) is 67.0 Å². The number of hydrogen-bond donors (Lipinski definition) is 2. The van der Waals surface area contributed by atoms with Crippen molar-refractivity contribution in [2.75, 3.05) is 10.6 Å². The second-order valence-corrected chi connectivity index (χ2v) is 7.11. The summed E-state index contributed by atoms with van der Waals surface area (Å²) < 4.78 is 0. The smallest absolute Gasteiger partial charge is 0.257 e. The van der Waals surface area contributed by atoms with Crippen molar-refractivity contribution in [2.45, 2.75) is 26.3 Å². The lowest BCUT2D eigenvalue weighted by molar-refractivity contribution is 0.102. The molecule has 0 atom stereocenters. The van der Waals surface area contributed by atoms with E-state index in [1.54, 1.807) is 18.5 Å². The van der Waals surface area contributed by atoms with Gasteiger partial charge < -0.3 is 10.6 Å². The van der Waals surface area contributed by atoms with Gasteiger partial charge in [-0.1, -0.05) is 49.7 Å². The van der Waals surface area contributed by atoms with Crippen LogP contribution in [0.1, 0.15) is 41.3 Å². The number of amides is 1. The third kappa shape index (κ3) is 5.31. The molecular weight excluding hydrogens is 358 g/mol. The number of hydrogen-bond acceptors (Lipinski definition) is 3. The van der Waals surface area contributed by atoms with Gasteiger partial charge in [0.25, 0.3) is 5.91 Å². The number of carbonyl (C=O) groups excluding carboxylic acids is 1. The van der Waals surface area contributed by atoms with Crippen molar-refractivity contribution in [1.82, 2.24) is 4.98 Å². The minimum atomic E-state index is -0.185. The first-order valence-electron chi connectivity index (χ1n) is 8.86. The molecule has 4 nitrogen and oxygen atoms in total. The predicted molar refractivity (Wildman–Crippen MR) is 111 cm³/mol. The molecule has 1 heterocycles. The van der Waals surface area contributed by atoms with E-state index in [2.05, 4.69) is 29.5 Å². The number of carbonyl (C=O) groups is 1. The largest absolute Gasteiger partial charge is 0.380 e. The van der Waals surface area contributed by atoms with Crippen LogP contribution in [0.2, 0.25) is 5.02 Å². The van der Waals surface area contributed by atoms with E-state index >= 15 is 0 Å². The molecule has 0 fully saturated rings. The van der Waals surface area contributed by atoms with Gasteiger partial charge in [-0.05, 0) is 47.4 Å². The van der Waals surface area contributed by atoms with Gasteiger partial charge in [0, 0.05) is 29.6 Å². The van der Waals surface area contributed by atoms with Gasteiger partial charge in [0.05, 0.1) is 11.3 Å². The van der Waals surface area contributed by atoms with Gasteiger partial charge in [-0.15, -0.1) is 0 Å². The molecule has 2 aromatic carbocycles. The van der Waals surface area contributed by atoms with Crippen LogP contribution in [-0.4, -0.2) is 10.9 Å². The van der Waals surface area contributed by atoms with Crippen LogP contribution < -0.4 is 10.6 Å². The van der Waals surface area contributed by atoms with Gasteiger partial charge in [-0.25, -0.2) is 0 Å². The molecule has 5 heteroatoms. The third-order valence-corrected chi connectivity index (χ3v) is 4.50. The van der Waals surface area contributed by atoms with Crippen LogP contribution in [0.3, 0.4) is 0 Å². The van der Waals surface area contributed by atoms with E-state index in [9.17, 15) is 4.79 Å². The fourth-order valence-corrected chi connectivity index (χ4v) is 2.75. The highest BCUT2D eigenvalue weighted by molar-refractivity contribution is 6.30. The zero-order chi connectivity index (χ0) is 19.2. The Hall–Kier alpha value is -2.85. The van der Waals surface area contributed by atoms with Crippen molar-refractivity contribution in [3.05, 3.63) is 88.7 Å². The van der Waals surface area contributed by atoms with Gasteiger partial charge in [0.2, 0.25) is 0 Å². The molecule has 0 radical (unpaired) electrons. The molecule has 0 spiro atoms. The zero-order valence-corrected chi connectivity index (χ0v) is 16.1. The van der Waals surface area contributed by atoms with Crippen LogP contribution in [-0.2, 0) is 6.54 Å². The molecule has 138 valence electrons. The number of anilines is 2. The van der Waals surface area contributed by atoms with Crippen LogP contribution in [0, 0.1) is 0 Å². The number of rotatable bonds is 6. The number of nitrogens with one attached hydrogen (secondary N) is 2. The van der Waals surface area contributed by atoms with Crippen molar-refractivity contribution in [2.24, 2.45) is 0 Å². The second kappa shape index (κ2) is 8.69. The molecule has 1 aromatic heterocycles. The summed E-state index contributed by atoms with van der Waals surface area (Å²) in [6.45, 7) is 4.91. The van der Waals surface area contributed by atoms with Gasteiger partial charge >= 0.3 is 0 Å². The quantitative estimate of drug-likeness (QED) is 0.575. The molecule has 27 heavy (non-hydrogen) atoms. The number of nitrogens with zero attached hydrogens (tertiary/aromatic N) is 1. The lowest BCUT2D eigenvalue weighted by Crippen LogP contribution is -2.13. The summed E-state index contributed by atoms with van der Waals surface area (Å²) in [6, 6.07) is 17.3. The minimum absolute atomic E-state index is 0.185. The number of halogens is 1. The highest BCUT2D eigenvalue weighted by Crippen LogP contribution is 2.18. The third-order valence-electron chi connectivity index (χ3n) is 4.25. The second-order valence-electron chi connectivity index (χ2n) is 6.67. The highest BCUT2D eigenvalue weighted by Gasteiger charge is 2.08. The van der Waals surface area contributed by atoms with Crippen LogP contribution in [0.25, 0.3) is 0 Å². The van der Waals surface area contributed by atoms with Crippen molar-refractivity contribution >= 4 is 28.9 Å². The molecule has 2 N–H and O–H groups in total. The van der Waals surface area contributed by atoms with E-state index in [4.69, 9.17) is 11.6 Å². The molecule has 1 amide bonds. The Morgan fingerprint density at radius 1 is 1.00 bits per heavy atom. The number of pyridine rings is 1. The van der Waals surface area contributed by atoms with Gasteiger partial charge in [-0.3, -0.25) is 9.78 Å². The standard InChI is InChI=1S/C22H22ClN3O/c1-15(2)17-5-9-20(10-6-17)26-22(27)18-11-21(14-24-13-18)25-12-16-3-7-19(23)8-4-16/h3-11,13-15,25H,12H2,1-2H3,(H,26,27). The average molecular weight is 380 g/mol. The predicted octanol–water partition coefficient (Wildman–Crippen LogP) is 5.72. The van der Waals surface area contributed by atoms with E-state index < -0.39 is 0 Å².